The average Bonchev–Trinajstić information content (AvgIpc) is 2.44. The number of rotatable bonds is 1. The SMILES string of the molecule is Cc1ccc2c(c1C)OCC(N1CCOCC1)C2O. The molecule has 2 aliphatic rings. The Morgan fingerprint density at radius 2 is 1.95 bits per heavy atom. The fourth-order valence-electron chi connectivity index (χ4n) is 2.92. The molecule has 104 valence electrons. The molecule has 2 heterocycles. The van der Waals surface area contributed by atoms with E-state index in [4.69, 9.17) is 9.47 Å². The van der Waals surface area contributed by atoms with E-state index in [0.29, 0.717) is 6.61 Å². The van der Waals surface area contributed by atoms with Crippen molar-refractivity contribution in [3.63, 3.8) is 0 Å². The highest BCUT2D eigenvalue weighted by Gasteiger charge is 2.35. The van der Waals surface area contributed by atoms with Crippen LogP contribution in [0.2, 0.25) is 0 Å². The van der Waals surface area contributed by atoms with Gasteiger partial charge in [-0.25, -0.2) is 0 Å². The molecule has 0 aliphatic carbocycles. The van der Waals surface area contributed by atoms with Gasteiger partial charge in [0, 0.05) is 18.7 Å². The van der Waals surface area contributed by atoms with Gasteiger partial charge >= 0.3 is 0 Å². The topological polar surface area (TPSA) is 41.9 Å². The van der Waals surface area contributed by atoms with E-state index in [9.17, 15) is 5.11 Å². The molecule has 0 bridgehead atoms. The summed E-state index contributed by atoms with van der Waals surface area (Å²) in [6, 6.07) is 4.09. The van der Waals surface area contributed by atoms with Crippen molar-refractivity contribution in [3.05, 3.63) is 28.8 Å². The molecule has 1 aromatic rings. The Kier molecular flexibility index (Phi) is 3.48. The molecule has 3 rings (SSSR count). The van der Waals surface area contributed by atoms with Crippen molar-refractivity contribution in [3.8, 4) is 5.75 Å². The lowest BCUT2D eigenvalue weighted by atomic mass is 9.93. The molecule has 2 unspecified atom stereocenters. The minimum absolute atomic E-state index is 0.0403. The first-order valence-corrected chi connectivity index (χ1v) is 6.91. The predicted molar refractivity (Wildman–Crippen MR) is 72.6 cm³/mol. The van der Waals surface area contributed by atoms with E-state index in [1.54, 1.807) is 0 Å². The molecule has 0 aromatic heterocycles. The third-order valence-corrected chi connectivity index (χ3v) is 4.30. The largest absolute Gasteiger partial charge is 0.491 e. The summed E-state index contributed by atoms with van der Waals surface area (Å²) >= 11 is 0. The first-order valence-electron chi connectivity index (χ1n) is 6.91. The molecule has 2 atom stereocenters. The Morgan fingerprint density at radius 3 is 2.68 bits per heavy atom. The van der Waals surface area contributed by atoms with Gasteiger partial charge in [-0.1, -0.05) is 12.1 Å². The standard InChI is InChI=1S/C15H21NO3/c1-10-3-4-12-14(17)13(9-19-15(12)11(10)2)16-5-7-18-8-6-16/h3-4,13-14,17H,5-9H2,1-2H3. The maximum atomic E-state index is 10.6. The summed E-state index contributed by atoms with van der Waals surface area (Å²) in [5, 5.41) is 10.6. The summed E-state index contributed by atoms with van der Waals surface area (Å²) in [7, 11) is 0. The Hall–Kier alpha value is -1.10. The molecule has 0 spiro atoms. The van der Waals surface area contributed by atoms with Crippen LogP contribution in [0.5, 0.6) is 5.75 Å². The summed E-state index contributed by atoms with van der Waals surface area (Å²) in [5.41, 5.74) is 3.26. The quantitative estimate of drug-likeness (QED) is 0.832. The first-order chi connectivity index (χ1) is 9.18. The number of fused-ring (bicyclic) bond motifs is 1. The van der Waals surface area contributed by atoms with Crippen molar-refractivity contribution in [2.45, 2.75) is 26.0 Å². The van der Waals surface area contributed by atoms with E-state index >= 15 is 0 Å². The van der Waals surface area contributed by atoms with Crippen LogP contribution >= 0.6 is 0 Å². The number of hydrogen-bond donors (Lipinski definition) is 1. The third kappa shape index (κ3) is 2.24. The number of nitrogens with zero attached hydrogens (tertiary/aromatic N) is 1. The highest BCUT2D eigenvalue weighted by Crippen LogP contribution is 2.37. The number of hydrogen-bond acceptors (Lipinski definition) is 4. The highest BCUT2D eigenvalue weighted by atomic mass is 16.5. The van der Waals surface area contributed by atoms with Crippen LogP contribution in [-0.4, -0.2) is 49.0 Å². The number of morpholine rings is 1. The van der Waals surface area contributed by atoms with Crippen LogP contribution in [0, 0.1) is 13.8 Å². The lowest BCUT2D eigenvalue weighted by molar-refractivity contribution is -0.0455. The van der Waals surface area contributed by atoms with Crippen LogP contribution in [0.4, 0.5) is 0 Å². The smallest absolute Gasteiger partial charge is 0.128 e. The molecule has 0 saturated carbocycles. The molecule has 4 nitrogen and oxygen atoms in total. The van der Waals surface area contributed by atoms with E-state index in [2.05, 4.69) is 24.8 Å². The summed E-state index contributed by atoms with van der Waals surface area (Å²) < 4.78 is 11.3. The van der Waals surface area contributed by atoms with Crippen LogP contribution in [0.25, 0.3) is 0 Å². The number of aryl methyl sites for hydroxylation is 1. The Labute approximate surface area is 113 Å². The van der Waals surface area contributed by atoms with Gasteiger partial charge in [0.15, 0.2) is 0 Å². The van der Waals surface area contributed by atoms with Crippen LogP contribution in [-0.2, 0) is 4.74 Å². The zero-order valence-corrected chi connectivity index (χ0v) is 11.6. The Morgan fingerprint density at radius 1 is 1.21 bits per heavy atom. The van der Waals surface area contributed by atoms with Crippen molar-refractivity contribution in [2.24, 2.45) is 0 Å². The van der Waals surface area contributed by atoms with Gasteiger partial charge in [-0.15, -0.1) is 0 Å². The second-order valence-corrected chi connectivity index (χ2v) is 5.40. The number of ether oxygens (including phenoxy) is 2. The molecule has 19 heavy (non-hydrogen) atoms. The molecule has 0 amide bonds. The summed E-state index contributed by atoms with van der Waals surface area (Å²) in [6.45, 7) is 7.89. The van der Waals surface area contributed by atoms with E-state index in [1.165, 1.54) is 5.56 Å². The number of aliphatic hydroxyl groups excluding tert-OH is 1. The number of aliphatic hydroxyl groups is 1. The maximum Gasteiger partial charge on any atom is 0.128 e. The summed E-state index contributed by atoms with van der Waals surface area (Å²) in [5.74, 6) is 0.872. The Balaban J connectivity index is 1.87. The van der Waals surface area contributed by atoms with Gasteiger partial charge in [-0.3, -0.25) is 4.90 Å². The normalized spacial score (nSPS) is 27.7. The minimum Gasteiger partial charge on any atom is -0.491 e. The van der Waals surface area contributed by atoms with Gasteiger partial charge in [0.2, 0.25) is 0 Å². The third-order valence-electron chi connectivity index (χ3n) is 4.30. The summed E-state index contributed by atoms with van der Waals surface area (Å²) in [6.07, 6.45) is -0.471. The van der Waals surface area contributed by atoms with Gasteiger partial charge < -0.3 is 14.6 Å². The van der Waals surface area contributed by atoms with Crippen LogP contribution in [0.3, 0.4) is 0 Å². The van der Waals surface area contributed by atoms with Crippen molar-refractivity contribution < 1.29 is 14.6 Å². The molecular formula is C15H21NO3. The van der Waals surface area contributed by atoms with Crippen molar-refractivity contribution >= 4 is 0 Å². The van der Waals surface area contributed by atoms with Crippen molar-refractivity contribution in [1.29, 1.82) is 0 Å². The van der Waals surface area contributed by atoms with Crippen LogP contribution in [0.1, 0.15) is 22.8 Å². The molecular weight excluding hydrogens is 242 g/mol. The van der Waals surface area contributed by atoms with Crippen LogP contribution < -0.4 is 4.74 Å². The molecule has 0 radical (unpaired) electrons. The van der Waals surface area contributed by atoms with Gasteiger partial charge in [0.25, 0.3) is 0 Å². The Bertz CT molecular complexity index is 469. The number of benzene rings is 1. The van der Waals surface area contributed by atoms with Crippen molar-refractivity contribution in [2.75, 3.05) is 32.9 Å². The lowest BCUT2D eigenvalue weighted by Crippen LogP contribution is -2.50. The van der Waals surface area contributed by atoms with E-state index < -0.39 is 6.10 Å². The predicted octanol–water partition coefficient (Wildman–Crippen LogP) is 1.43. The maximum absolute atomic E-state index is 10.6. The zero-order chi connectivity index (χ0) is 13.4. The molecule has 2 aliphatic heterocycles. The van der Waals surface area contributed by atoms with E-state index in [-0.39, 0.29) is 6.04 Å². The minimum atomic E-state index is -0.471. The van der Waals surface area contributed by atoms with E-state index in [1.807, 2.05) is 6.07 Å². The van der Waals surface area contributed by atoms with Gasteiger partial charge in [0.1, 0.15) is 18.5 Å². The van der Waals surface area contributed by atoms with Gasteiger partial charge in [0.05, 0.1) is 19.3 Å². The molecule has 4 heteroatoms. The lowest BCUT2D eigenvalue weighted by Gasteiger charge is -2.40. The first kappa shape index (κ1) is 12.9. The molecule has 1 saturated heterocycles. The highest BCUT2D eigenvalue weighted by molar-refractivity contribution is 5.48. The summed E-state index contributed by atoms with van der Waals surface area (Å²) in [4.78, 5) is 2.27. The second kappa shape index (κ2) is 5.12. The molecule has 1 N–H and O–H groups in total. The molecule has 1 aromatic carbocycles. The van der Waals surface area contributed by atoms with Gasteiger partial charge in [-0.05, 0) is 25.0 Å². The van der Waals surface area contributed by atoms with Gasteiger partial charge in [-0.2, -0.15) is 0 Å². The zero-order valence-electron chi connectivity index (χ0n) is 11.6. The van der Waals surface area contributed by atoms with E-state index in [0.717, 1.165) is 43.2 Å². The van der Waals surface area contributed by atoms with Crippen molar-refractivity contribution in [1.82, 2.24) is 4.90 Å². The molecule has 1 fully saturated rings. The fraction of sp³-hybridized carbons (Fsp3) is 0.600. The van der Waals surface area contributed by atoms with Crippen LogP contribution in [0.15, 0.2) is 12.1 Å². The fourth-order valence-corrected chi connectivity index (χ4v) is 2.92. The monoisotopic (exact) mass is 263 g/mol. The second-order valence-electron chi connectivity index (χ2n) is 5.40. The average molecular weight is 263 g/mol.